The van der Waals surface area contributed by atoms with Gasteiger partial charge in [0.15, 0.2) is 0 Å². The summed E-state index contributed by atoms with van der Waals surface area (Å²) in [6.07, 6.45) is 3.04. The van der Waals surface area contributed by atoms with Crippen LogP contribution in [0.15, 0.2) is 77.3 Å². The second kappa shape index (κ2) is 11.5. The van der Waals surface area contributed by atoms with Crippen molar-refractivity contribution in [1.29, 1.82) is 0 Å². The number of hydrogen-bond acceptors (Lipinski definition) is 4. The molecule has 2 saturated heterocycles. The molecule has 0 radical (unpaired) electrons. The number of piperazine rings is 1. The highest BCUT2D eigenvalue weighted by molar-refractivity contribution is 9.10. The molecule has 1 aromatic heterocycles. The van der Waals surface area contributed by atoms with Gasteiger partial charge in [-0.2, -0.15) is 0 Å². The van der Waals surface area contributed by atoms with Gasteiger partial charge in [0.05, 0.1) is 23.5 Å². The highest BCUT2D eigenvalue weighted by Crippen LogP contribution is 2.28. The number of imidazole rings is 1. The number of hydrogen-bond donors (Lipinski definition) is 0. The number of rotatable bonds is 6. The van der Waals surface area contributed by atoms with Gasteiger partial charge in [-0.05, 0) is 67.8 Å². The summed E-state index contributed by atoms with van der Waals surface area (Å²) in [7, 11) is 0. The Morgan fingerprint density at radius 3 is 2.56 bits per heavy atom. The highest BCUT2D eigenvalue weighted by Gasteiger charge is 2.32. The number of nitrogens with zero attached hydrogens (tertiary/aromatic N) is 5. The maximum Gasteiger partial charge on any atom is 0.227 e. The topological polar surface area (TPSA) is 44.6 Å². The lowest BCUT2D eigenvalue weighted by atomic mass is 9.96. The lowest BCUT2D eigenvalue weighted by Gasteiger charge is -2.40. The van der Waals surface area contributed by atoms with Gasteiger partial charge in [0.1, 0.15) is 5.82 Å². The number of anilines is 1. The van der Waals surface area contributed by atoms with E-state index >= 15 is 0 Å². The van der Waals surface area contributed by atoms with Gasteiger partial charge < -0.3 is 9.80 Å². The monoisotopic (exact) mass is 585 g/mol. The van der Waals surface area contributed by atoms with Crippen molar-refractivity contribution in [2.24, 2.45) is 5.92 Å². The van der Waals surface area contributed by atoms with Crippen LogP contribution in [-0.4, -0.2) is 64.5 Å². The molecule has 7 heteroatoms. The maximum absolute atomic E-state index is 13.6. The van der Waals surface area contributed by atoms with Gasteiger partial charge in [-0.25, -0.2) is 4.98 Å². The molecule has 6 rings (SSSR count). The van der Waals surface area contributed by atoms with Crippen molar-refractivity contribution in [3.05, 3.63) is 88.7 Å². The summed E-state index contributed by atoms with van der Waals surface area (Å²) < 4.78 is 3.31. The van der Waals surface area contributed by atoms with E-state index in [0.717, 1.165) is 92.1 Å². The van der Waals surface area contributed by atoms with Crippen LogP contribution < -0.4 is 4.90 Å². The second-order valence-electron chi connectivity index (χ2n) is 10.7. The third kappa shape index (κ3) is 5.48. The number of likely N-dealkylation sites (tertiary alicyclic amines) is 1. The Morgan fingerprint density at radius 1 is 0.949 bits per heavy atom. The Kier molecular flexibility index (Phi) is 7.71. The largest absolute Gasteiger partial charge is 0.368 e. The number of halogens is 1. The van der Waals surface area contributed by atoms with E-state index < -0.39 is 0 Å². The first kappa shape index (κ1) is 26.1. The van der Waals surface area contributed by atoms with E-state index in [4.69, 9.17) is 4.98 Å². The molecule has 2 fully saturated rings. The molecule has 1 atom stereocenters. The van der Waals surface area contributed by atoms with Crippen LogP contribution in [0.4, 0.5) is 5.69 Å². The minimum absolute atomic E-state index is 0.0527. The number of aromatic nitrogens is 2. The lowest BCUT2D eigenvalue weighted by molar-refractivity contribution is -0.137. The van der Waals surface area contributed by atoms with Gasteiger partial charge in [0.25, 0.3) is 0 Å². The first-order valence-electron chi connectivity index (χ1n) is 14.2. The fourth-order valence-corrected chi connectivity index (χ4v) is 6.62. The van der Waals surface area contributed by atoms with Crippen LogP contribution in [0.25, 0.3) is 16.7 Å². The van der Waals surface area contributed by atoms with E-state index in [1.807, 2.05) is 12.1 Å². The number of carbonyl (C=O) groups is 1. The Labute approximate surface area is 239 Å². The molecule has 0 aliphatic carbocycles. The number of amides is 1. The predicted octanol–water partition coefficient (Wildman–Crippen LogP) is 5.91. The quantitative estimate of drug-likeness (QED) is 0.282. The molecule has 3 heterocycles. The van der Waals surface area contributed by atoms with E-state index in [1.165, 1.54) is 11.3 Å². The van der Waals surface area contributed by atoms with Crippen molar-refractivity contribution in [3.63, 3.8) is 0 Å². The molecule has 1 amide bonds. The Balaban J connectivity index is 1.14. The minimum Gasteiger partial charge on any atom is -0.368 e. The molecule has 0 unspecified atom stereocenters. The average Bonchev–Trinajstić information content (AvgIpc) is 3.34. The molecule has 4 aromatic rings. The molecule has 0 saturated carbocycles. The molecule has 0 spiro atoms. The van der Waals surface area contributed by atoms with Gasteiger partial charge >= 0.3 is 0 Å². The fraction of sp³-hybridized carbons (Fsp3) is 0.375. The first-order valence-corrected chi connectivity index (χ1v) is 15.0. The molecule has 39 heavy (non-hydrogen) atoms. The van der Waals surface area contributed by atoms with Crippen LogP contribution in [0.5, 0.6) is 0 Å². The molecular weight excluding hydrogens is 550 g/mol. The first-order chi connectivity index (χ1) is 19.1. The average molecular weight is 587 g/mol. The maximum atomic E-state index is 13.6. The van der Waals surface area contributed by atoms with Gasteiger partial charge in [-0.1, -0.05) is 59.3 Å². The standard InChI is InChI=1S/C32H36BrN5O/c1-2-24-9-3-5-14-29(24)36-17-19-37(20-18-36)32(39)25-10-8-16-35(22-25)23-31-34-28-13-4-6-15-30(28)38(31)27-12-7-11-26(33)21-27/h3-7,9,11-15,21,25H,2,8,10,16-20,22-23H2,1H3/t25-/m1/s1. The molecular formula is C32H36BrN5O. The third-order valence-corrected chi connectivity index (χ3v) is 8.71. The number of para-hydroxylation sites is 3. The molecule has 3 aromatic carbocycles. The molecule has 0 bridgehead atoms. The van der Waals surface area contributed by atoms with Crippen LogP contribution >= 0.6 is 15.9 Å². The lowest BCUT2D eigenvalue weighted by Crippen LogP contribution is -2.52. The number of aryl methyl sites for hydroxylation is 1. The van der Waals surface area contributed by atoms with Crippen LogP contribution in [0.1, 0.15) is 31.2 Å². The van der Waals surface area contributed by atoms with Crippen molar-refractivity contribution >= 4 is 38.6 Å². The zero-order chi connectivity index (χ0) is 26.8. The van der Waals surface area contributed by atoms with E-state index in [0.29, 0.717) is 5.91 Å². The number of piperidine rings is 1. The Bertz CT molecular complexity index is 1460. The molecule has 0 N–H and O–H groups in total. The van der Waals surface area contributed by atoms with Crippen LogP contribution in [0.2, 0.25) is 0 Å². The summed E-state index contributed by atoms with van der Waals surface area (Å²) in [5.41, 5.74) is 5.91. The van der Waals surface area contributed by atoms with Crippen LogP contribution in [0, 0.1) is 5.92 Å². The third-order valence-electron chi connectivity index (χ3n) is 8.22. The van der Waals surface area contributed by atoms with Crippen molar-refractivity contribution in [2.75, 3.05) is 44.2 Å². The van der Waals surface area contributed by atoms with Crippen molar-refractivity contribution in [1.82, 2.24) is 19.4 Å². The minimum atomic E-state index is 0.0527. The Hall–Kier alpha value is -3.16. The summed E-state index contributed by atoms with van der Waals surface area (Å²) in [6.45, 7) is 8.12. The second-order valence-corrected chi connectivity index (χ2v) is 11.6. The molecule has 6 nitrogen and oxygen atoms in total. The van der Waals surface area contributed by atoms with Gasteiger partial charge in [-0.15, -0.1) is 0 Å². The number of carbonyl (C=O) groups excluding carboxylic acids is 1. The van der Waals surface area contributed by atoms with Crippen LogP contribution in [-0.2, 0) is 17.8 Å². The van der Waals surface area contributed by atoms with Gasteiger partial charge in [-0.3, -0.25) is 14.3 Å². The number of benzene rings is 3. The van der Waals surface area contributed by atoms with Crippen molar-refractivity contribution in [2.45, 2.75) is 32.7 Å². The van der Waals surface area contributed by atoms with Crippen molar-refractivity contribution in [3.8, 4) is 5.69 Å². The molecule has 2 aliphatic heterocycles. The van der Waals surface area contributed by atoms with E-state index in [9.17, 15) is 4.79 Å². The summed E-state index contributed by atoms with van der Waals surface area (Å²) in [5, 5.41) is 0. The number of fused-ring (bicyclic) bond motifs is 1. The summed E-state index contributed by atoms with van der Waals surface area (Å²) in [5.74, 6) is 1.39. The molecule has 2 aliphatic rings. The van der Waals surface area contributed by atoms with E-state index in [1.54, 1.807) is 0 Å². The normalized spacial score (nSPS) is 18.6. The summed E-state index contributed by atoms with van der Waals surface area (Å²) >= 11 is 3.63. The summed E-state index contributed by atoms with van der Waals surface area (Å²) in [4.78, 5) is 25.6. The Morgan fingerprint density at radius 2 is 1.74 bits per heavy atom. The van der Waals surface area contributed by atoms with Gasteiger partial charge in [0.2, 0.25) is 5.91 Å². The summed E-state index contributed by atoms with van der Waals surface area (Å²) in [6, 6.07) is 25.4. The predicted molar refractivity (Wildman–Crippen MR) is 161 cm³/mol. The highest BCUT2D eigenvalue weighted by atomic mass is 79.9. The zero-order valence-electron chi connectivity index (χ0n) is 22.6. The fourth-order valence-electron chi connectivity index (χ4n) is 6.23. The van der Waals surface area contributed by atoms with E-state index in [-0.39, 0.29) is 5.92 Å². The SMILES string of the molecule is CCc1ccccc1N1CCN(C(=O)[C@@H]2CCCN(Cc3nc4ccccc4n3-c3cccc(Br)c3)C2)CC1. The van der Waals surface area contributed by atoms with E-state index in [2.05, 4.69) is 103 Å². The zero-order valence-corrected chi connectivity index (χ0v) is 24.2. The molecule has 202 valence electrons. The van der Waals surface area contributed by atoms with Crippen molar-refractivity contribution < 1.29 is 4.79 Å². The van der Waals surface area contributed by atoms with Gasteiger partial charge in [0, 0.05) is 48.6 Å². The van der Waals surface area contributed by atoms with Crippen LogP contribution in [0.3, 0.4) is 0 Å². The smallest absolute Gasteiger partial charge is 0.227 e.